The minimum absolute atomic E-state index is 0.116. The Morgan fingerprint density at radius 3 is 2.55 bits per heavy atom. The molecule has 0 aliphatic carbocycles. The first kappa shape index (κ1) is 23.0. The van der Waals surface area contributed by atoms with Crippen LogP contribution in [-0.2, 0) is 4.79 Å². The van der Waals surface area contributed by atoms with E-state index in [4.69, 9.17) is 23.2 Å². The van der Waals surface area contributed by atoms with Gasteiger partial charge in [-0.05, 0) is 31.2 Å². The van der Waals surface area contributed by atoms with E-state index in [0.29, 0.717) is 26.6 Å². The van der Waals surface area contributed by atoms with E-state index in [9.17, 15) is 4.79 Å². The molecule has 3 aromatic carbocycles. The third-order valence-corrected chi connectivity index (χ3v) is 6.14. The van der Waals surface area contributed by atoms with Crippen LogP contribution in [0.5, 0.6) is 0 Å². The molecule has 0 unspecified atom stereocenters. The van der Waals surface area contributed by atoms with Crippen molar-refractivity contribution in [2.24, 2.45) is 5.10 Å². The third-order valence-electron chi connectivity index (χ3n) is 4.65. The summed E-state index contributed by atoms with van der Waals surface area (Å²) in [6, 6.07) is 22.9. The van der Waals surface area contributed by atoms with E-state index in [1.165, 1.54) is 18.0 Å². The molecule has 33 heavy (non-hydrogen) atoms. The summed E-state index contributed by atoms with van der Waals surface area (Å²) < 4.78 is 1.94. The van der Waals surface area contributed by atoms with Gasteiger partial charge < -0.3 is 0 Å². The van der Waals surface area contributed by atoms with Crippen molar-refractivity contribution in [3.63, 3.8) is 0 Å². The Hall–Kier alpha value is -3.13. The molecule has 0 saturated heterocycles. The van der Waals surface area contributed by atoms with Gasteiger partial charge in [0.1, 0.15) is 0 Å². The highest BCUT2D eigenvalue weighted by Gasteiger charge is 2.17. The fraction of sp³-hybridized carbons (Fsp3) is 0.0833. The molecule has 0 aliphatic rings. The molecule has 1 N–H and O–H groups in total. The van der Waals surface area contributed by atoms with Crippen LogP contribution in [0.25, 0.3) is 17.1 Å². The highest BCUT2D eigenvalue weighted by atomic mass is 35.5. The van der Waals surface area contributed by atoms with Gasteiger partial charge in [0.05, 0.1) is 17.0 Å². The zero-order valence-electron chi connectivity index (χ0n) is 17.6. The fourth-order valence-electron chi connectivity index (χ4n) is 3.01. The minimum Gasteiger partial charge on any atom is -0.272 e. The first-order valence-corrected chi connectivity index (χ1v) is 11.7. The number of hydrazone groups is 1. The van der Waals surface area contributed by atoms with Crippen LogP contribution in [-0.4, -0.2) is 32.6 Å². The van der Waals surface area contributed by atoms with Crippen LogP contribution < -0.4 is 5.43 Å². The summed E-state index contributed by atoms with van der Waals surface area (Å²) in [6.45, 7) is 2.04. The number of halogens is 2. The lowest BCUT2D eigenvalue weighted by molar-refractivity contribution is -0.118. The van der Waals surface area contributed by atoms with Crippen molar-refractivity contribution >= 4 is 47.1 Å². The van der Waals surface area contributed by atoms with Crippen molar-refractivity contribution in [3.8, 4) is 17.1 Å². The highest BCUT2D eigenvalue weighted by molar-refractivity contribution is 7.99. The van der Waals surface area contributed by atoms with E-state index < -0.39 is 0 Å². The zero-order chi connectivity index (χ0) is 23.2. The van der Waals surface area contributed by atoms with Gasteiger partial charge in [0.25, 0.3) is 5.91 Å². The lowest BCUT2D eigenvalue weighted by atomic mass is 10.1. The number of rotatable bonds is 7. The Bertz CT molecular complexity index is 1290. The second-order valence-corrected chi connectivity index (χ2v) is 8.88. The summed E-state index contributed by atoms with van der Waals surface area (Å²) >= 11 is 13.3. The maximum atomic E-state index is 12.4. The number of hydrogen-bond donors (Lipinski definition) is 1. The number of hydrogen-bond acceptors (Lipinski definition) is 5. The summed E-state index contributed by atoms with van der Waals surface area (Å²) in [5, 5.41) is 14.3. The number of nitrogens with one attached hydrogen (secondary N) is 1. The van der Waals surface area contributed by atoms with E-state index >= 15 is 0 Å². The van der Waals surface area contributed by atoms with Crippen molar-refractivity contribution in [3.05, 3.63) is 94.0 Å². The molecule has 4 aromatic rings. The number of aromatic nitrogens is 3. The standard InChI is InChI=1S/C24H19Cl2N5OS/c1-16-7-9-17(10-8-16)23-29-30-24(31(23)20-5-3-2-4-6-20)33-15-22(32)28-27-14-18-11-12-19(25)13-21(18)26/h2-14H,15H2,1H3,(H,28,32)/b27-14+. The van der Waals surface area contributed by atoms with Crippen LogP contribution in [0.1, 0.15) is 11.1 Å². The molecule has 4 rings (SSSR count). The van der Waals surface area contributed by atoms with Crippen molar-refractivity contribution < 1.29 is 4.79 Å². The number of benzene rings is 3. The van der Waals surface area contributed by atoms with Gasteiger partial charge in [-0.2, -0.15) is 5.10 Å². The van der Waals surface area contributed by atoms with Crippen LogP contribution in [0.15, 0.2) is 83.1 Å². The topological polar surface area (TPSA) is 72.2 Å². The van der Waals surface area contributed by atoms with Crippen molar-refractivity contribution in [2.45, 2.75) is 12.1 Å². The van der Waals surface area contributed by atoms with E-state index in [0.717, 1.165) is 16.8 Å². The average Bonchev–Trinajstić information content (AvgIpc) is 3.24. The number of para-hydroxylation sites is 1. The van der Waals surface area contributed by atoms with E-state index in [2.05, 4.69) is 20.7 Å². The monoisotopic (exact) mass is 495 g/mol. The molecule has 1 amide bonds. The van der Waals surface area contributed by atoms with E-state index in [1.54, 1.807) is 18.2 Å². The Kier molecular flexibility index (Phi) is 7.44. The van der Waals surface area contributed by atoms with Crippen LogP contribution in [0.2, 0.25) is 10.0 Å². The summed E-state index contributed by atoms with van der Waals surface area (Å²) in [5.41, 5.74) is 6.18. The lowest BCUT2D eigenvalue weighted by Crippen LogP contribution is -2.20. The number of nitrogens with zero attached hydrogens (tertiary/aromatic N) is 4. The molecule has 0 fully saturated rings. The molecular weight excluding hydrogens is 477 g/mol. The second kappa shape index (κ2) is 10.7. The SMILES string of the molecule is Cc1ccc(-c2nnc(SCC(=O)N/N=C/c3ccc(Cl)cc3Cl)n2-c2ccccc2)cc1. The van der Waals surface area contributed by atoms with Gasteiger partial charge in [-0.15, -0.1) is 10.2 Å². The van der Waals surface area contributed by atoms with Gasteiger partial charge in [0, 0.05) is 21.8 Å². The molecule has 0 spiro atoms. The largest absolute Gasteiger partial charge is 0.272 e. The summed E-state index contributed by atoms with van der Waals surface area (Å²) in [5.74, 6) is 0.547. The van der Waals surface area contributed by atoms with Crippen LogP contribution >= 0.6 is 35.0 Å². The maximum absolute atomic E-state index is 12.4. The molecule has 0 aliphatic heterocycles. The highest BCUT2D eigenvalue weighted by Crippen LogP contribution is 2.28. The molecule has 6 nitrogen and oxygen atoms in total. The molecular formula is C24H19Cl2N5OS. The van der Waals surface area contributed by atoms with Crippen molar-refractivity contribution in [2.75, 3.05) is 5.75 Å². The first-order chi connectivity index (χ1) is 16.0. The van der Waals surface area contributed by atoms with E-state index in [1.807, 2.05) is 66.1 Å². The van der Waals surface area contributed by atoms with Crippen LogP contribution in [0.4, 0.5) is 0 Å². The molecule has 0 radical (unpaired) electrons. The Labute approximate surface area is 205 Å². The van der Waals surface area contributed by atoms with Gasteiger partial charge in [-0.25, -0.2) is 5.43 Å². The Morgan fingerprint density at radius 2 is 1.82 bits per heavy atom. The maximum Gasteiger partial charge on any atom is 0.250 e. The van der Waals surface area contributed by atoms with E-state index in [-0.39, 0.29) is 11.7 Å². The quantitative estimate of drug-likeness (QED) is 0.200. The number of thioether (sulfide) groups is 1. The van der Waals surface area contributed by atoms with Crippen LogP contribution in [0.3, 0.4) is 0 Å². The van der Waals surface area contributed by atoms with Crippen LogP contribution in [0, 0.1) is 6.92 Å². The van der Waals surface area contributed by atoms with Gasteiger partial charge in [-0.1, -0.05) is 89.1 Å². The molecule has 166 valence electrons. The first-order valence-electron chi connectivity index (χ1n) is 9.99. The molecule has 0 saturated carbocycles. The molecule has 0 bridgehead atoms. The normalized spacial score (nSPS) is 11.1. The van der Waals surface area contributed by atoms with Gasteiger partial charge in [0.2, 0.25) is 0 Å². The molecule has 9 heteroatoms. The Balaban J connectivity index is 1.49. The van der Waals surface area contributed by atoms with Gasteiger partial charge in [0.15, 0.2) is 11.0 Å². The van der Waals surface area contributed by atoms with Gasteiger partial charge >= 0.3 is 0 Å². The zero-order valence-corrected chi connectivity index (χ0v) is 19.9. The Morgan fingerprint density at radius 1 is 1.06 bits per heavy atom. The lowest BCUT2D eigenvalue weighted by Gasteiger charge is -2.10. The predicted octanol–water partition coefficient (Wildman–Crippen LogP) is 5.79. The smallest absolute Gasteiger partial charge is 0.250 e. The minimum atomic E-state index is -0.277. The average molecular weight is 496 g/mol. The van der Waals surface area contributed by atoms with Crippen molar-refractivity contribution in [1.82, 2.24) is 20.2 Å². The number of aryl methyl sites for hydroxylation is 1. The number of carbonyl (C=O) groups is 1. The van der Waals surface area contributed by atoms with Gasteiger partial charge in [-0.3, -0.25) is 9.36 Å². The summed E-state index contributed by atoms with van der Waals surface area (Å²) in [7, 11) is 0. The molecule has 0 atom stereocenters. The fourth-order valence-corrected chi connectivity index (χ4v) is 4.21. The number of carbonyl (C=O) groups excluding carboxylic acids is 1. The molecule has 1 aromatic heterocycles. The second-order valence-electron chi connectivity index (χ2n) is 7.09. The van der Waals surface area contributed by atoms with Crippen molar-refractivity contribution in [1.29, 1.82) is 0 Å². The molecule has 1 heterocycles. The summed E-state index contributed by atoms with van der Waals surface area (Å²) in [4.78, 5) is 12.4. The summed E-state index contributed by atoms with van der Waals surface area (Å²) in [6.07, 6.45) is 1.48. The number of amides is 1. The predicted molar refractivity (Wildman–Crippen MR) is 134 cm³/mol. The third kappa shape index (κ3) is 5.82.